The van der Waals surface area contributed by atoms with E-state index in [1.165, 1.54) is 6.20 Å². The van der Waals surface area contributed by atoms with Crippen LogP contribution >= 0.6 is 11.6 Å². The predicted octanol–water partition coefficient (Wildman–Crippen LogP) is 3.28. The molecular formula is C11H13ClFNO. The lowest BCUT2D eigenvalue weighted by Crippen LogP contribution is -2.13. The molecule has 1 aromatic rings. The van der Waals surface area contributed by atoms with Crippen molar-refractivity contribution in [1.29, 1.82) is 0 Å². The number of ether oxygens (including phenoxy) is 1. The Kier molecular flexibility index (Phi) is 3.41. The van der Waals surface area contributed by atoms with E-state index >= 15 is 0 Å². The van der Waals surface area contributed by atoms with Crippen molar-refractivity contribution >= 4 is 11.6 Å². The van der Waals surface area contributed by atoms with Crippen molar-refractivity contribution in [3.8, 4) is 5.88 Å². The highest BCUT2D eigenvalue weighted by Gasteiger charge is 2.19. The standard InChI is InChI=1S/C11H13ClFNO/c12-7-8-5-6-14-11(10(8)13)15-9-3-1-2-4-9/h5-6,9H,1-4,7H2. The Bertz CT molecular complexity index is 339. The zero-order valence-corrected chi connectivity index (χ0v) is 9.13. The van der Waals surface area contributed by atoms with E-state index in [1.807, 2.05) is 0 Å². The largest absolute Gasteiger partial charge is 0.472 e. The van der Waals surface area contributed by atoms with Crippen LogP contribution in [-0.4, -0.2) is 11.1 Å². The van der Waals surface area contributed by atoms with E-state index in [4.69, 9.17) is 16.3 Å². The molecule has 4 heteroatoms. The summed E-state index contributed by atoms with van der Waals surface area (Å²) in [5, 5.41) is 0. The first-order valence-electron chi connectivity index (χ1n) is 5.17. The predicted molar refractivity (Wildman–Crippen MR) is 56.6 cm³/mol. The van der Waals surface area contributed by atoms with Gasteiger partial charge in [-0.2, -0.15) is 0 Å². The summed E-state index contributed by atoms with van der Waals surface area (Å²) in [5.41, 5.74) is 0.444. The van der Waals surface area contributed by atoms with Gasteiger partial charge in [0.05, 0.1) is 5.88 Å². The summed E-state index contributed by atoms with van der Waals surface area (Å²) in [6, 6.07) is 1.57. The van der Waals surface area contributed by atoms with Gasteiger partial charge in [-0.3, -0.25) is 0 Å². The summed E-state index contributed by atoms with van der Waals surface area (Å²) in [4.78, 5) is 3.89. The van der Waals surface area contributed by atoms with Gasteiger partial charge in [0.25, 0.3) is 5.88 Å². The number of aromatic nitrogens is 1. The fourth-order valence-corrected chi connectivity index (χ4v) is 2.02. The summed E-state index contributed by atoms with van der Waals surface area (Å²) in [6.45, 7) is 0. The van der Waals surface area contributed by atoms with Crippen LogP contribution in [0.5, 0.6) is 5.88 Å². The molecule has 0 N–H and O–H groups in total. The van der Waals surface area contributed by atoms with E-state index in [0.29, 0.717) is 5.56 Å². The number of nitrogens with zero attached hydrogens (tertiary/aromatic N) is 1. The number of alkyl halides is 1. The maximum atomic E-state index is 13.7. The first-order chi connectivity index (χ1) is 7.31. The second kappa shape index (κ2) is 4.79. The van der Waals surface area contributed by atoms with Gasteiger partial charge in [-0.1, -0.05) is 0 Å². The number of halogens is 2. The molecule has 1 heterocycles. The summed E-state index contributed by atoms with van der Waals surface area (Å²) in [5.74, 6) is -0.172. The van der Waals surface area contributed by atoms with Gasteiger partial charge in [-0.05, 0) is 31.7 Å². The van der Waals surface area contributed by atoms with Crippen molar-refractivity contribution in [3.63, 3.8) is 0 Å². The molecule has 15 heavy (non-hydrogen) atoms. The molecule has 0 spiro atoms. The monoisotopic (exact) mass is 229 g/mol. The minimum Gasteiger partial charge on any atom is -0.472 e. The van der Waals surface area contributed by atoms with Crippen molar-refractivity contribution < 1.29 is 9.13 Å². The van der Waals surface area contributed by atoms with Crippen molar-refractivity contribution in [2.45, 2.75) is 37.7 Å². The van der Waals surface area contributed by atoms with Crippen LogP contribution in [0.4, 0.5) is 4.39 Å². The number of rotatable bonds is 3. The Balaban J connectivity index is 2.13. The first kappa shape index (κ1) is 10.7. The smallest absolute Gasteiger partial charge is 0.250 e. The molecule has 0 unspecified atom stereocenters. The van der Waals surface area contributed by atoms with Crippen LogP contribution in [0.15, 0.2) is 12.3 Å². The highest BCUT2D eigenvalue weighted by atomic mass is 35.5. The molecule has 0 saturated heterocycles. The SMILES string of the molecule is Fc1c(CCl)ccnc1OC1CCCC1. The normalized spacial score (nSPS) is 16.9. The van der Waals surface area contributed by atoms with Gasteiger partial charge in [0.2, 0.25) is 0 Å². The Hall–Kier alpha value is -0.830. The third-order valence-corrected chi connectivity index (χ3v) is 2.95. The molecule has 2 rings (SSSR count). The molecule has 1 aromatic heterocycles. The van der Waals surface area contributed by atoms with Gasteiger partial charge < -0.3 is 4.74 Å². The Labute approximate surface area is 93.4 Å². The lowest BCUT2D eigenvalue weighted by molar-refractivity contribution is 0.191. The van der Waals surface area contributed by atoms with Crippen LogP contribution in [0.1, 0.15) is 31.2 Å². The van der Waals surface area contributed by atoms with E-state index < -0.39 is 5.82 Å². The lowest BCUT2D eigenvalue weighted by atomic mass is 10.3. The fraction of sp³-hybridized carbons (Fsp3) is 0.545. The van der Waals surface area contributed by atoms with Crippen molar-refractivity contribution in [2.75, 3.05) is 0 Å². The van der Waals surface area contributed by atoms with E-state index in [0.717, 1.165) is 25.7 Å². The second-order valence-electron chi connectivity index (χ2n) is 3.75. The van der Waals surface area contributed by atoms with Crippen LogP contribution in [0.3, 0.4) is 0 Å². The Morgan fingerprint density at radius 1 is 1.47 bits per heavy atom. The average Bonchev–Trinajstić information content (AvgIpc) is 2.74. The first-order valence-corrected chi connectivity index (χ1v) is 5.70. The molecule has 0 amide bonds. The summed E-state index contributed by atoms with van der Waals surface area (Å²) >= 11 is 5.60. The van der Waals surface area contributed by atoms with E-state index in [1.54, 1.807) is 6.07 Å². The zero-order valence-electron chi connectivity index (χ0n) is 8.38. The highest BCUT2D eigenvalue weighted by molar-refractivity contribution is 6.17. The molecule has 1 aliphatic carbocycles. The van der Waals surface area contributed by atoms with E-state index in [2.05, 4.69) is 4.98 Å². The van der Waals surface area contributed by atoms with Crippen LogP contribution in [0, 0.1) is 5.82 Å². The molecule has 1 fully saturated rings. The van der Waals surface area contributed by atoms with E-state index in [-0.39, 0.29) is 17.9 Å². The molecule has 0 atom stereocenters. The number of hydrogen-bond donors (Lipinski definition) is 0. The minimum atomic E-state index is -0.417. The van der Waals surface area contributed by atoms with E-state index in [9.17, 15) is 4.39 Å². The molecule has 0 aliphatic heterocycles. The van der Waals surface area contributed by atoms with Gasteiger partial charge >= 0.3 is 0 Å². The topological polar surface area (TPSA) is 22.1 Å². The quantitative estimate of drug-likeness (QED) is 0.742. The molecular weight excluding hydrogens is 217 g/mol. The van der Waals surface area contributed by atoms with Crippen LogP contribution < -0.4 is 4.74 Å². The summed E-state index contributed by atoms with van der Waals surface area (Å²) in [7, 11) is 0. The van der Waals surface area contributed by atoms with Crippen LogP contribution in [0.25, 0.3) is 0 Å². The third-order valence-electron chi connectivity index (χ3n) is 2.66. The van der Waals surface area contributed by atoms with Gasteiger partial charge in [-0.15, -0.1) is 11.6 Å². The average molecular weight is 230 g/mol. The summed E-state index contributed by atoms with van der Waals surface area (Å²) in [6.07, 6.45) is 5.95. The van der Waals surface area contributed by atoms with Crippen molar-refractivity contribution in [2.24, 2.45) is 0 Å². The maximum absolute atomic E-state index is 13.7. The minimum absolute atomic E-state index is 0.0973. The van der Waals surface area contributed by atoms with Crippen molar-refractivity contribution in [1.82, 2.24) is 4.98 Å². The number of pyridine rings is 1. The molecule has 0 bridgehead atoms. The lowest BCUT2D eigenvalue weighted by Gasteiger charge is -2.13. The highest BCUT2D eigenvalue weighted by Crippen LogP contribution is 2.26. The molecule has 1 aliphatic rings. The summed E-state index contributed by atoms with van der Waals surface area (Å²) < 4.78 is 19.2. The Morgan fingerprint density at radius 2 is 2.20 bits per heavy atom. The van der Waals surface area contributed by atoms with Crippen LogP contribution in [0.2, 0.25) is 0 Å². The van der Waals surface area contributed by atoms with Gasteiger partial charge in [-0.25, -0.2) is 9.37 Å². The Morgan fingerprint density at radius 3 is 2.87 bits per heavy atom. The molecule has 82 valence electrons. The molecule has 0 aromatic carbocycles. The molecule has 2 nitrogen and oxygen atoms in total. The molecule has 1 saturated carbocycles. The zero-order chi connectivity index (χ0) is 10.7. The molecule has 0 radical (unpaired) electrons. The fourth-order valence-electron chi connectivity index (χ4n) is 1.81. The number of hydrogen-bond acceptors (Lipinski definition) is 2. The van der Waals surface area contributed by atoms with Gasteiger partial charge in [0.15, 0.2) is 5.82 Å². The van der Waals surface area contributed by atoms with Crippen molar-refractivity contribution in [3.05, 3.63) is 23.6 Å². The van der Waals surface area contributed by atoms with Crippen LogP contribution in [-0.2, 0) is 5.88 Å². The third kappa shape index (κ3) is 2.40. The second-order valence-corrected chi connectivity index (χ2v) is 4.01. The maximum Gasteiger partial charge on any atom is 0.250 e. The van der Waals surface area contributed by atoms with Gasteiger partial charge in [0, 0.05) is 11.8 Å². The van der Waals surface area contributed by atoms with Gasteiger partial charge in [0.1, 0.15) is 6.10 Å².